The van der Waals surface area contributed by atoms with Crippen LogP contribution in [-0.4, -0.2) is 37.9 Å². The second-order valence-corrected chi connectivity index (χ2v) is 7.12. The molecule has 0 aliphatic heterocycles. The van der Waals surface area contributed by atoms with Crippen LogP contribution in [0.1, 0.15) is 21.8 Å². The topological polar surface area (TPSA) is 92.5 Å². The molecule has 2 aromatic rings. The predicted octanol–water partition coefficient (Wildman–Crippen LogP) is 1.79. The summed E-state index contributed by atoms with van der Waals surface area (Å²) in [6.45, 7) is 3.33. The summed E-state index contributed by atoms with van der Waals surface area (Å²) >= 11 is 0. The Morgan fingerprint density at radius 3 is 2.23 bits per heavy atom. The third-order valence-electron chi connectivity index (χ3n) is 3.15. The number of benzene rings is 1. The number of hydrogen-bond acceptors (Lipinski definition) is 5. The molecule has 0 aliphatic carbocycles. The molecule has 1 aromatic carbocycles. The third-order valence-corrected chi connectivity index (χ3v) is 4.98. The fraction of sp³-hybridized carbons (Fsp3) is 0.286. The summed E-state index contributed by atoms with van der Waals surface area (Å²) in [7, 11) is -0.562. The van der Waals surface area contributed by atoms with Gasteiger partial charge in [0.2, 0.25) is 10.0 Å². The van der Waals surface area contributed by atoms with Gasteiger partial charge in [0.1, 0.15) is 11.3 Å². The van der Waals surface area contributed by atoms with Crippen LogP contribution >= 0.6 is 0 Å². The Kier molecular flexibility index (Phi) is 4.34. The molecule has 22 heavy (non-hydrogen) atoms. The molecule has 0 saturated heterocycles. The first-order valence-electron chi connectivity index (χ1n) is 6.50. The largest absolute Gasteiger partial charge is 0.361 e. The SMILES string of the molecule is Cc1noc(C)c1C(=O)Nc1ccc(S(=O)(=O)N(C)C)cc1. The van der Waals surface area contributed by atoms with E-state index in [1.165, 1.54) is 38.4 Å². The van der Waals surface area contributed by atoms with E-state index in [2.05, 4.69) is 10.5 Å². The predicted molar refractivity (Wildman–Crippen MR) is 81.2 cm³/mol. The molecule has 0 aliphatic rings. The number of aryl methyl sites for hydroxylation is 2. The van der Waals surface area contributed by atoms with E-state index in [0.717, 1.165) is 4.31 Å². The van der Waals surface area contributed by atoms with Gasteiger partial charge in [0, 0.05) is 19.8 Å². The Morgan fingerprint density at radius 2 is 1.77 bits per heavy atom. The van der Waals surface area contributed by atoms with E-state index in [4.69, 9.17) is 4.52 Å². The minimum atomic E-state index is -3.48. The minimum Gasteiger partial charge on any atom is -0.361 e. The molecule has 0 bridgehead atoms. The van der Waals surface area contributed by atoms with Crippen LogP contribution < -0.4 is 5.32 Å². The number of hydrogen-bond donors (Lipinski definition) is 1. The lowest BCUT2D eigenvalue weighted by Crippen LogP contribution is -2.22. The van der Waals surface area contributed by atoms with E-state index in [0.29, 0.717) is 22.7 Å². The maximum atomic E-state index is 12.2. The van der Waals surface area contributed by atoms with Gasteiger partial charge in [-0.25, -0.2) is 12.7 Å². The Balaban J connectivity index is 2.21. The molecule has 1 N–H and O–H groups in total. The number of sulfonamides is 1. The molecule has 1 heterocycles. The van der Waals surface area contributed by atoms with Crippen molar-refractivity contribution in [2.45, 2.75) is 18.7 Å². The number of nitrogens with one attached hydrogen (secondary N) is 1. The van der Waals surface area contributed by atoms with E-state index in [9.17, 15) is 13.2 Å². The van der Waals surface area contributed by atoms with Gasteiger partial charge in [0.25, 0.3) is 5.91 Å². The van der Waals surface area contributed by atoms with E-state index in [1.807, 2.05) is 0 Å². The summed E-state index contributed by atoms with van der Waals surface area (Å²) in [5, 5.41) is 6.41. The van der Waals surface area contributed by atoms with Gasteiger partial charge in [-0.3, -0.25) is 4.79 Å². The van der Waals surface area contributed by atoms with Gasteiger partial charge in [0.15, 0.2) is 0 Å². The van der Waals surface area contributed by atoms with E-state index < -0.39 is 10.0 Å². The lowest BCUT2D eigenvalue weighted by molar-refractivity contribution is 0.102. The van der Waals surface area contributed by atoms with Crippen LogP contribution in [0, 0.1) is 13.8 Å². The zero-order chi connectivity index (χ0) is 16.5. The number of rotatable bonds is 4. The zero-order valence-corrected chi connectivity index (χ0v) is 13.6. The van der Waals surface area contributed by atoms with Gasteiger partial charge in [-0.05, 0) is 38.1 Å². The summed E-state index contributed by atoms with van der Waals surface area (Å²) in [5.41, 5.74) is 1.37. The fourth-order valence-corrected chi connectivity index (χ4v) is 2.82. The highest BCUT2D eigenvalue weighted by Crippen LogP contribution is 2.19. The molecule has 8 heteroatoms. The molecule has 7 nitrogen and oxygen atoms in total. The number of amides is 1. The van der Waals surface area contributed by atoms with Crippen LogP contribution in [0.2, 0.25) is 0 Å². The first kappa shape index (κ1) is 16.2. The van der Waals surface area contributed by atoms with Crippen molar-refractivity contribution in [3.63, 3.8) is 0 Å². The first-order valence-corrected chi connectivity index (χ1v) is 7.94. The van der Waals surface area contributed by atoms with Crippen molar-refractivity contribution in [2.24, 2.45) is 0 Å². The highest BCUT2D eigenvalue weighted by Gasteiger charge is 2.19. The monoisotopic (exact) mass is 323 g/mol. The normalized spacial score (nSPS) is 11.7. The van der Waals surface area contributed by atoms with Crippen molar-refractivity contribution in [2.75, 3.05) is 19.4 Å². The van der Waals surface area contributed by atoms with Gasteiger partial charge in [0.05, 0.1) is 10.6 Å². The quantitative estimate of drug-likeness (QED) is 0.926. The fourth-order valence-electron chi connectivity index (χ4n) is 1.92. The van der Waals surface area contributed by atoms with E-state index >= 15 is 0 Å². The molecule has 0 fully saturated rings. The summed E-state index contributed by atoms with van der Waals surface area (Å²) in [5.74, 6) is 0.0845. The first-order chi connectivity index (χ1) is 10.2. The van der Waals surface area contributed by atoms with Crippen molar-refractivity contribution in [3.8, 4) is 0 Å². The average molecular weight is 323 g/mol. The molecule has 1 aromatic heterocycles. The molecule has 0 atom stereocenters. The van der Waals surface area contributed by atoms with Gasteiger partial charge in [-0.2, -0.15) is 0 Å². The van der Waals surface area contributed by atoms with Crippen molar-refractivity contribution in [1.82, 2.24) is 9.46 Å². The van der Waals surface area contributed by atoms with Crippen molar-refractivity contribution in [1.29, 1.82) is 0 Å². The van der Waals surface area contributed by atoms with Gasteiger partial charge < -0.3 is 9.84 Å². The van der Waals surface area contributed by atoms with E-state index in [1.54, 1.807) is 13.8 Å². The smallest absolute Gasteiger partial charge is 0.261 e. The van der Waals surface area contributed by atoms with Gasteiger partial charge in [-0.1, -0.05) is 5.16 Å². The number of carbonyl (C=O) groups is 1. The molecule has 0 unspecified atom stereocenters. The molecule has 0 saturated carbocycles. The number of anilines is 1. The summed E-state index contributed by atoms with van der Waals surface area (Å²) in [6.07, 6.45) is 0. The van der Waals surface area contributed by atoms with Gasteiger partial charge in [-0.15, -0.1) is 0 Å². The number of nitrogens with zero attached hydrogens (tertiary/aromatic N) is 2. The van der Waals surface area contributed by atoms with Crippen LogP contribution in [0.15, 0.2) is 33.7 Å². The van der Waals surface area contributed by atoms with Crippen molar-refractivity contribution in [3.05, 3.63) is 41.3 Å². The standard InChI is InChI=1S/C14H17N3O4S/c1-9-13(10(2)21-16-9)14(18)15-11-5-7-12(8-6-11)22(19,20)17(3)4/h5-8H,1-4H3,(H,15,18). The Hall–Kier alpha value is -2.19. The Labute approximate surface area is 129 Å². The van der Waals surface area contributed by atoms with Crippen LogP contribution in [0.3, 0.4) is 0 Å². The summed E-state index contributed by atoms with van der Waals surface area (Å²) in [4.78, 5) is 12.3. The van der Waals surface area contributed by atoms with Crippen molar-refractivity contribution < 1.29 is 17.7 Å². The minimum absolute atomic E-state index is 0.160. The van der Waals surface area contributed by atoms with E-state index in [-0.39, 0.29) is 10.8 Å². The van der Waals surface area contributed by atoms with Crippen LogP contribution in [-0.2, 0) is 10.0 Å². The summed E-state index contributed by atoms with van der Waals surface area (Å²) < 4.78 is 30.0. The van der Waals surface area contributed by atoms with Crippen LogP contribution in [0.25, 0.3) is 0 Å². The average Bonchev–Trinajstić information content (AvgIpc) is 2.78. The highest BCUT2D eigenvalue weighted by atomic mass is 32.2. The molecule has 0 spiro atoms. The zero-order valence-electron chi connectivity index (χ0n) is 12.7. The molecule has 1 amide bonds. The lowest BCUT2D eigenvalue weighted by atomic mass is 10.2. The Morgan fingerprint density at radius 1 is 1.18 bits per heavy atom. The van der Waals surface area contributed by atoms with Crippen LogP contribution in [0.4, 0.5) is 5.69 Å². The molecule has 0 radical (unpaired) electrons. The number of aromatic nitrogens is 1. The van der Waals surface area contributed by atoms with Gasteiger partial charge >= 0.3 is 0 Å². The maximum absolute atomic E-state index is 12.2. The lowest BCUT2D eigenvalue weighted by Gasteiger charge is -2.12. The second kappa shape index (κ2) is 5.90. The molecule has 2 rings (SSSR count). The number of carbonyl (C=O) groups excluding carboxylic acids is 1. The molecular formula is C14H17N3O4S. The maximum Gasteiger partial charge on any atom is 0.261 e. The summed E-state index contributed by atoms with van der Waals surface area (Å²) in [6, 6.07) is 5.95. The van der Waals surface area contributed by atoms with Crippen LogP contribution in [0.5, 0.6) is 0 Å². The third kappa shape index (κ3) is 3.02. The van der Waals surface area contributed by atoms with Crippen molar-refractivity contribution >= 4 is 21.6 Å². The Bertz CT molecular complexity index is 772. The molecule has 118 valence electrons. The highest BCUT2D eigenvalue weighted by molar-refractivity contribution is 7.89. The molecular weight excluding hydrogens is 306 g/mol. The second-order valence-electron chi connectivity index (χ2n) is 4.97.